The van der Waals surface area contributed by atoms with Crippen molar-refractivity contribution in [2.45, 2.75) is 24.6 Å². The molecule has 9 heteroatoms. The van der Waals surface area contributed by atoms with Crippen molar-refractivity contribution in [1.29, 1.82) is 0 Å². The highest BCUT2D eigenvalue weighted by Gasteiger charge is 2.45. The lowest BCUT2D eigenvalue weighted by Gasteiger charge is -2.14. The Balaban J connectivity index is 2.32. The molecule has 0 bridgehead atoms. The average Bonchev–Trinajstić information content (AvgIpc) is 2.57. The van der Waals surface area contributed by atoms with Crippen LogP contribution in [0.1, 0.15) is 6.23 Å². The van der Waals surface area contributed by atoms with Gasteiger partial charge in [0.05, 0.1) is 6.61 Å². The van der Waals surface area contributed by atoms with E-state index in [4.69, 9.17) is 15.6 Å². The first-order chi connectivity index (χ1) is 8.04. The lowest BCUT2D eigenvalue weighted by atomic mass is 10.1. The van der Waals surface area contributed by atoms with E-state index in [0.29, 0.717) is 0 Å². The molecule has 4 N–H and O–H groups in total. The van der Waals surface area contributed by atoms with Crippen molar-refractivity contribution in [3.63, 3.8) is 0 Å². The third-order valence-corrected chi connectivity index (χ3v) is 2.49. The Kier molecular flexibility index (Phi) is 3.05. The number of nitrogens with two attached hydrogens (primary N) is 1. The molecule has 0 spiro atoms. The highest BCUT2D eigenvalue weighted by molar-refractivity contribution is 5.10. The Bertz CT molecular complexity index is 467. The van der Waals surface area contributed by atoms with Crippen molar-refractivity contribution in [3.8, 4) is 0 Å². The first kappa shape index (κ1) is 11.9. The standard InChI is InChI=1S/C8H11FN4O4/c9-4-5(15)3(1-14)17-6(4)13-2-11-7(10)12-8(13)16/h2-6,14-15H,1H2,(H2,10,12,16)/t3-,4?,5?,6-/m1/s1. The van der Waals surface area contributed by atoms with Crippen LogP contribution in [-0.4, -0.2) is 49.7 Å². The second-order valence-electron chi connectivity index (χ2n) is 3.59. The summed E-state index contributed by atoms with van der Waals surface area (Å²) in [7, 11) is 0. The summed E-state index contributed by atoms with van der Waals surface area (Å²) < 4.78 is 19.4. The Morgan fingerprint density at radius 3 is 2.88 bits per heavy atom. The second-order valence-corrected chi connectivity index (χ2v) is 3.59. The Morgan fingerprint density at radius 2 is 2.35 bits per heavy atom. The quantitative estimate of drug-likeness (QED) is 0.541. The maximum absolute atomic E-state index is 13.7. The fourth-order valence-corrected chi connectivity index (χ4v) is 1.61. The Labute approximate surface area is 94.5 Å². The molecule has 8 nitrogen and oxygen atoms in total. The van der Waals surface area contributed by atoms with Gasteiger partial charge in [-0.2, -0.15) is 4.98 Å². The van der Waals surface area contributed by atoms with Gasteiger partial charge in [-0.25, -0.2) is 14.2 Å². The molecular formula is C8H11FN4O4. The number of rotatable bonds is 2. The predicted octanol–water partition coefficient (Wildman–Crippen LogP) is -2.19. The van der Waals surface area contributed by atoms with Crippen LogP contribution in [0.25, 0.3) is 0 Å². The summed E-state index contributed by atoms with van der Waals surface area (Å²) >= 11 is 0. The molecule has 1 aromatic heterocycles. The maximum atomic E-state index is 13.7. The van der Waals surface area contributed by atoms with Gasteiger partial charge in [0.15, 0.2) is 12.4 Å². The summed E-state index contributed by atoms with van der Waals surface area (Å²) in [6, 6.07) is 0. The first-order valence-corrected chi connectivity index (χ1v) is 4.83. The van der Waals surface area contributed by atoms with Gasteiger partial charge in [-0.05, 0) is 0 Å². The van der Waals surface area contributed by atoms with Gasteiger partial charge in [-0.15, -0.1) is 0 Å². The van der Waals surface area contributed by atoms with Crippen molar-refractivity contribution in [1.82, 2.24) is 14.5 Å². The van der Waals surface area contributed by atoms with E-state index in [9.17, 15) is 14.3 Å². The van der Waals surface area contributed by atoms with E-state index in [1.165, 1.54) is 0 Å². The Morgan fingerprint density at radius 1 is 1.65 bits per heavy atom. The highest BCUT2D eigenvalue weighted by Crippen LogP contribution is 2.30. The van der Waals surface area contributed by atoms with Gasteiger partial charge in [-0.3, -0.25) is 4.57 Å². The van der Waals surface area contributed by atoms with E-state index in [1.54, 1.807) is 0 Å². The number of ether oxygens (including phenoxy) is 1. The van der Waals surface area contributed by atoms with Crippen molar-refractivity contribution in [3.05, 3.63) is 16.8 Å². The summed E-state index contributed by atoms with van der Waals surface area (Å²) in [5.74, 6) is -0.237. The maximum Gasteiger partial charge on any atom is 0.354 e. The van der Waals surface area contributed by atoms with Crippen LogP contribution in [0.3, 0.4) is 0 Å². The first-order valence-electron chi connectivity index (χ1n) is 4.83. The van der Waals surface area contributed by atoms with E-state index in [-0.39, 0.29) is 5.95 Å². The number of halogens is 1. The van der Waals surface area contributed by atoms with Gasteiger partial charge in [0.2, 0.25) is 5.95 Å². The van der Waals surface area contributed by atoms with E-state index in [0.717, 1.165) is 10.9 Å². The average molecular weight is 246 g/mol. The fraction of sp³-hybridized carbons (Fsp3) is 0.625. The van der Waals surface area contributed by atoms with E-state index < -0.39 is 36.9 Å². The van der Waals surface area contributed by atoms with Crippen molar-refractivity contribution in [2.75, 3.05) is 12.3 Å². The SMILES string of the molecule is Nc1ncn([C@@H]2O[C@H](CO)C(O)C2F)c(=O)n1. The molecule has 4 atom stereocenters. The van der Waals surface area contributed by atoms with Gasteiger partial charge < -0.3 is 20.7 Å². The molecule has 2 heterocycles. The molecule has 17 heavy (non-hydrogen) atoms. The van der Waals surface area contributed by atoms with Crippen LogP contribution >= 0.6 is 0 Å². The van der Waals surface area contributed by atoms with Crippen LogP contribution < -0.4 is 11.4 Å². The van der Waals surface area contributed by atoms with Gasteiger partial charge in [0.25, 0.3) is 0 Å². The Hall–Kier alpha value is -1.58. The second kappa shape index (κ2) is 4.35. The normalized spacial score (nSPS) is 32.9. The molecule has 1 aliphatic heterocycles. The lowest BCUT2D eigenvalue weighted by molar-refractivity contribution is -0.0495. The molecule has 0 radical (unpaired) electrons. The molecule has 0 aromatic carbocycles. The summed E-state index contributed by atoms with van der Waals surface area (Å²) in [6.07, 6.45) is -4.82. The van der Waals surface area contributed by atoms with Gasteiger partial charge in [0, 0.05) is 0 Å². The van der Waals surface area contributed by atoms with Crippen molar-refractivity contribution in [2.24, 2.45) is 0 Å². The van der Waals surface area contributed by atoms with Gasteiger partial charge in [0.1, 0.15) is 18.5 Å². The molecule has 0 amide bonds. The smallest absolute Gasteiger partial charge is 0.354 e. The fourth-order valence-electron chi connectivity index (χ4n) is 1.61. The van der Waals surface area contributed by atoms with Crippen LogP contribution in [-0.2, 0) is 4.74 Å². The lowest BCUT2D eigenvalue weighted by Crippen LogP contribution is -2.34. The van der Waals surface area contributed by atoms with E-state index in [2.05, 4.69) is 9.97 Å². The number of hydrogen-bond donors (Lipinski definition) is 3. The molecule has 0 saturated carbocycles. The molecule has 1 saturated heterocycles. The number of aromatic nitrogens is 3. The number of nitrogen functional groups attached to an aromatic ring is 1. The van der Waals surface area contributed by atoms with Crippen LogP contribution in [0.5, 0.6) is 0 Å². The monoisotopic (exact) mass is 246 g/mol. The molecule has 0 aliphatic carbocycles. The summed E-state index contributed by atoms with van der Waals surface area (Å²) in [6.45, 7) is -0.553. The summed E-state index contributed by atoms with van der Waals surface area (Å²) in [5, 5.41) is 18.2. The zero-order chi connectivity index (χ0) is 12.6. The van der Waals surface area contributed by atoms with Gasteiger partial charge >= 0.3 is 5.69 Å². The van der Waals surface area contributed by atoms with Crippen LogP contribution in [0.2, 0.25) is 0 Å². The number of alkyl halides is 1. The molecular weight excluding hydrogens is 235 g/mol. The van der Waals surface area contributed by atoms with Gasteiger partial charge in [-0.1, -0.05) is 0 Å². The topological polar surface area (TPSA) is 123 Å². The zero-order valence-corrected chi connectivity index (χ0v) is 8.60. The third kappa shape index (κ3) is 1.99. The molecule has 1 fully saturated rings. The van der Waals surface area contributed by atoms with Crippen molar-refractivity contribution >= 4 is 5.95 Å². The summed E-state index contributed by atoms with van der Waals surface area (Å²) in [5.41, 5.74) is 4.35. The molecule has 1 aromatic rings. The molecule has 2 unspecified atom stereocenters. The predicted molar refractivity (Wildman–Crippen MR) is 52.6 cm³/mol. The van der Waals surface area contributed by atoms with Crippen LogP contribution in [0.4, 0.5) is 10.3 Å². The minimum absolute atomic E-state index is 0.237. The number of hydrogen-bond acceptors (Lipinski definition) is 7. The number of nitrogens with zero attached hydrogens (tertiary/aromatic N) is 3. The largest absolute Gasteiger partial charge is 0.394 e. The minimum Gasteiger partial charge on any atom is -0.394 e. The number of aliphatic hydroxyl groups excluding tert-OH is 2. The number of anilines is 1. The third-order valence-electron chi connectivity index (χ3n) is 2.49. The molecule has 2 rings (SSSR count). The van der Waals surface area contributed by atoms with Crippen LogP contribution in [0, 0.1) is 0 Å². The molecule has 94 valence electrons. The van der Waals surface area contributed by atoms with E-state index in [1.807, 2.05) is 0 Å². The zero-order valence-electron chi connectivity index (χ0n) is 8.60. The van der Waals surface area contributed by atoms with Crippen LogP contribution in [0.15, 0.2) is 11.1 Å². The van der Waals surface area contributed by atoms with E-state index >= 15 is 0 Å². The highest BCUT2D eigenvalue weighted by atomic mass is 19.1. The minimum atomic E-state index is -1.85. The molecule has 1 aliphatic rings. The van der Waals surface area contributed by atoms with Crippen molar-refractivity contribution < 1.29 is 19.3 Å². The summed E-state index contributed by atoms with van der Waals surface area (Å²) in [4.78, 5) is 18.3. The number of aliphatic hydroxyl groups is 2.